The highest BCUT2D eigenvalue weighted by Crippen LogP contribution is 2.28. The van der Waals surface area contributed by atoms with Crippen LogP contribution < -0.4 is 5.32 Å². The summed E-state index contributed by atoms with van der Waals surface area (Å²) in [6.07, 6.45) is 13.2. The molecule has 0 spiro atoms. The molecular formula is C24H32BrClN2O2. The minimum Gasteiger partial charge on any atom is -0.351 e. The van der Waals surface area contributed by atoms with Gasteiger partial charge in [0.25, 0.3) is 0 Å². The third kappa shape index (κ3) is 6.58. The molecule has 30 heavy (non-hydrogen) atoms. The van der Waals surface area contributed by atoms with Crippen molar-refractivity contribution in [2.45, 2.75) is 76.3 Å². The van der Waals surface area contributed by atoms with Crippen LogP contribution in [-0.2, 0) is 9.59 Å². The first-order valence-corrected chi connectivity index (χ1v) is 12.5. The molecule has 4 nitrogen and oxygen atoms in total. The molecule has 3 rings (SSSR count). The summed E-state index contributed by atoms with van der Waals surface area (Å²) in [5.74, 6) is -0.423. The quantitative estimate of drug-likeness (QED) is 0.361. The van der Waals surface area contributed by atoms with Crippen LogP contribution in [-0.4, -0.2) is 35.2 Å². The van der Waals surface area contributed by atoms with E-state index in [-0.39, 0.29) is 23.7 Å². The Balaban J connectivity index is 1.84. The lowest BCUT2D eigenvalue weighted by Gasteiger charge is -2.33. The zero-order chi connectivity index (χ0) is 21.3. The minimum atomic E-state index is -0.667. The lowest BCUT2D eigenvalue weighted by molar-refractivity contribution is -0.139. The molecule has 0 bridgehead atoms. The van der Waals surface area contributed by atoms with Crippen LogP contribution in [0, 0.1) is 0 Å². The van der Waals surface area contributed by atoms with E-state index >= 15 is 0 Å². The summed E-state index contributed by atoms with van der Waals surface area (Å²) in [4.78, 5) is 28.0. The normalized spacial score (nSPS) is 18.4. The highest BCUT2D eigenvalue weighted by atomic mass is 79.9. The first-order valence-electron chi connectivity index (χ1n) is 11.2. The molecule has 1 aromatic rings. The number of hydrogen-bond acceptors (Lipinski definition) is 2. The predicted molar refractivity (Wildman–Crippen MR) is 125 cm³/mol. The Bertz CT molecular complexity index is 761. The SMILES string of the molecule is O=C(NC1CCCCC1)C(c1cccc(Br)c1)N(CCC1=CCCCC1)C(=O)CCl. The van der Waals surface area contributed by atoms with Crippen LogP contribution in [0.5, 0.6) is 0 Å². The lowest BCUT2D eigenvalue weighted by Crippen LogP contribution is -2.47. The molecule has 1 N–H and O–H groups in total. The molecule has 2 amide bonds. The molecular weight excluding hydrogens is 464 g/mol. The summed E-state index contributed by atoms with van der Waals surface area (Å²) in [6, 6.07) is 7.21. The average Bonchev–Trinajstić information content (AvgIpc) is 2.77. The van der Waals surface area contributed by atoms with Crippen LogP contribution in [0.1, 0.15) is 75.8 Å². The molecule has 0 radical (unpaired) electrons. The monoisotopic (exact) mass is 494 g/mol. The van der Waals surface area contributed by atoms with E-state index in [4.69, 9.17) is 11.6 Å². The molecule has 0 aliphatic heterocycles. The largest absolute Gasteiger partial charge is 0.351 e. The van der Waals surface area contributed by atoms with Crippen molar-refractivity contribution in [1.82, 2.24) is 10.2 Å². The number of alkyl halides is 1. The molecule has 0 heterocycles. The van der Waals surface area contributed by atoms with Crippen molar-refractivity contribution in [3.8, 4) is 0 Å². The van der Waals surface area contributed by atoms with Gasteiger partial charge >= 0.3 is 0 Å². The van der Waals surface area contributed by atoms with Gasteiger partial charge in [0.1, 0.15) is 11.9 Å². The third-order valence-electron chi connectivity index (χ3n) is 6.17. The average molecular weight is 496 g/mol. The molecule has 0 saturated heterocycles. The van der Waals surface area contributed by atoms with Crippen molar-refractivity contribution in [3.63, 3.8) is 0 Å². The van der Waals surface area contributed by atoms with Crippen molar-refractivity contribution >= 4 is 39.3 Å². The number of halogens is 2. The minimum absolute atomic E-state index is 0.101. The van der Waals surface area contributed by atoms with Gasteiger partial charge in [-0.2, -0.15) is 0 Å². The molecule has 1 aromatic carbocycles. The Morgan fingerprint density at radius 2 is 1.97 bits per heavy atom. The van der Waals surface area contributed by atoms with Gasteiger partial charge in [0.15, 0.2) is 0 Å². The van der Waals surface area contributed by atoms with Crippen LogP contribution in [0.15, 0.2) is 40.4 Å². The summed E-state index contributed by atoms with van der Waals surface area (Å²) >= 11 is 9.49. The van der Waals surface area contributed by atoms with E-state index in [0.717, 1.165) is 55.0 Å². The van der Waals surface area contributed by atoms with Gasteiger partial charge in [-0.3, -0.25) is 9.59 Å². The predicted octanol–water partition coefficient (Wildman–Crippen LogP) is 5.90. The topological polar surface area (TPSA) is 49.4 Å². The Hall–Kier alpha value is -1.33. The summed E-state index contributed by atoms with van der Waals surface area (Å²) in [6.45, 7) is 0.507. The summed E-state index contributed by atoms with van der Waals surface area (Å²) in [5.41, 5.74) is 2.20. The molecule has 164 valence electrons. The molecule has 0 aromatic heterocycles. The Morgan fingerprint density at radius 3 is 2.63 bits per heavy atom. The van der Waals surface area contributed by atoms with Gasteiger partial charge in [0, 0.05) is 17.1 Å². The molecule has 1 atom stereocenters. The second-order valence-corrected chi connectivity index (χ2v) is 9.56. The van der Waals surface area contributed by atoms with Crippen molar-refractivity contribution in [1.29, 1.82) is 0 Å². The van der Waals surface area contributed by atoms with Crippen LogP contribution in [0.4, 0.5) is 0 Å². The second kappa shape index (κ2) is 11.9. The van der Waals surface area contributed by atoms with E-state index in [0.29, 0.717) is 6.54 Å². The van der Waals surface area contributed by atoms with Gasteiger partial charge in [-0.05, 0) is 62.6 Å². The van der Waals surface area contributed by atoms with Crippen molar-refractivity contribution in [3.05, 3.63) is 46.0 Å². The Kier molecular flexibility index (Phi) is 9.26. The van der Waals surface area contributed by atoms with Gasteiger partial charge in [-0.25, -0.2) is 0 Å². The number of benzene rings is 1. The first-order chi connectivity index (χ1) is 14.6. The number of hydrogen-bond donors (Lipinski definition) is 1. The summed E-state index contributed by atoms with van der Waals surface area (Å²) in [7, 11) is 0. The standard InChI is InChI=1S/C24H32BrClN2O2/c25-20-11-7-10-19(16-20)23(24(30)27-21-12-5-2-6-13-21)28(22(29)17-26)15-14-18-8-3-1-4-9-18/h7-8,10-11,16,21,23H,1-6,9,12-15,17H2,(H,27,30). The van der Waals surface area contributed by atoms with Gasteiger partial charge < -0.3 is 10.2 Å². The van der Waals surface area contributed by atoms with E-state index in [1.807, 2.05) is 24.3 Å². The number of nitrogens with one attached hydrogen (secondary N) is 1. The second-order valence-electron chi connectivity index (χ2n) is 8.38. The van der Waals surface area contributed by atoms with E-state index in [9.17, 15) is 9.59 Å². The van der Waals surface area contributed by atoms with Gasteiger partial charge in [-0.15, -0.1) is 11.6 Å². The molecule has 2 aliphatic rings. The maximum Gasteiger partial charge on any atom is 0.247 e. The summed E-state index contributed by atoms with van der Waals surface area (Å²) < 4.78 is 0.892. The maximum absolute atomic E-state index is 13.5. The number of carbonyl (C=O) groups excluding carboxylic acids is 2. The Labute approximate surface area is 193 Å². The van der Waals surface area contributed by atoms with Gasteiger partial charge in [0.05, 0.1) is 0 Å². The molecule has 1 fully saturated rings. The Morgan fingerprint density at radius 1 is 1.17 bits per heavy atom. The number of amides is 2. The highest BCUT2D eigenvalue weighted by molar-refractivity contribution is 9.10. The number of carbonyl (C=O) groups is 2. The third-order valence-corrected chi connectivity index (χ3v) is 6.89. The number of allylic oxidation sites excluding steroid dienone is 1. The van der Waals surface area contributed by atoms with Crippen LogP contribution in [0.3, 0.4) is 0 Å². The van der Waals surface area contributed by atoms with Crippen molar-refractivity contribution in [2.24, 2.45) is 0 Å². The number of nitrogens with zero attached hydrogens (tertiary/aromatic N) is 1. The molecule has 6 heteroatoms. The van der Waals surface area contributed by atoms with Crippen LogP contribution >= 0.6 is 27.5 Å². The number of rotatable bonds is 8. The zero-order valence-electron chi connectivity index (χ0n) is 17.5. The van der Waals surface area contributed by atoms with Gasteiger partial charge in [-0.1, -0.05) is 59.0 Å². The van der Waals surface area contributed by atoms with E-state index < -0.39 is 6.04 Å². The van der Waals surface area contributed by atoms with E-state index in [2.05, 4.69) is 27.3 Å². The van der Waals surface area contributed by atoms with Crippen LogP contribution in [0.2, 0.25) is 0 Å². The van der Waals surface area contributed by atoms with Crippen LogP contribution in [0.25, 0.3) is 0 Å². The fourth-order valence-corrected chi connectivity index (χ4v) is 5.12. The van der Waals surface area contributed by atoms with Gasteiger partial charge in [0.2, 0.25) is 11.8 Å². The van der Waals surface area contributed by atoms with Crippen molar-refractivity contribution < 1.29 is 9.59 Å². The highest BCUT2D eigenvalue weighted by Gasteiger charge is 2.32. The zero-order valence-corrected chi connectivity index (χ0v) is 19.9. The fourth-order valence-electron chi connectivity index (χ4n) is 4.55. The van der Waals surface area contributed by atoms with Crippen molar-refractivity contribution in [2.75, 3.05) is 12.4 Å². The lowest BCUT2D eigenvalue weighted by atomic mass is 9.94. The molecule has 2 aliphatic carbocycles. The smallest absolute Gasteiger partial charge is 0.247 e. The summed E-state index contributed by atoms with van der Waals surface area (Å²) in [5, 5.41) is 3.23. The fraction of sp³-hybridized carbons (Fsp3) is 0.583. The maximum atomic E-state index is 13.5. The van der Waals surface area contributed by atoms with E-state index in [1.165, 1.54) is 24.8 Å². The molecule has 1 saturated carbocycles. The first kappa shape index (κ1) is 23.3. The van der Waals surface area contributed by atoms with E-state index in [1.54, 1.807) is 4.90 Å². The molecule has 1 unspecified atom stereocenters.